The van der Waals surface area contributed by atoms with Gasteiger partial charge in [-0.2, -0.15) is 0 Å². The SMILES string of the molecule is COc1ccc(N2C(=O)CC[C@H]2c2nc3cc(-c4c(C)noc4C)ccc3n2C2CCN(S(C)(=O)=O)CC2)cc1F. The number of aromatic nitrogens is 3. The van der Waals surface area contributed by atoms with E-state index < -0.39 is 21.9 Å². The molecule has 1 atom stereocenters. The molecule has 0 unspecified atom stereocenters. The molecule has 0 saturated carbocycles. The number of carbonyl (C=O) groups is 1. The topological polar surface area (TPSA) is 111 Å². The van der Waals surface area contributed by atoms with E-state index in [1.54, 1.807) is 11.0 Å². The van der Waals surface area contributed by atoms with Gasteiger partial charge in [-0.3, -0.25) is 4.79 Å². The van der Waals surface area contributed by atoms with E-state index in [-0.39, 0.29) is 17.7 Å². The van der Waals surface area contributed by atoms with Gasteiger partial charge in [0.05, 0.1) is 36.1 Å². The first-order chi connectivity index (χ1) is 19.6. The predicted octanol–water partition coefficient (Wildman–Crippen LogP) is 4.92. The number of methoxy groups -OCH3 is 1. The normalized spacial score (nSPS) is 19.0. The Balaban J connectivity index is 1.47. The zero-order chi connectivity index (χ0) is 29.1. The molecule has 10 nitrogen and oxygen atoms in total. The van der Waals surface area contributed by atoms with Crippen LogP contribution in [0, 0.1) is 19.7 Å². The summed E-state index contributed by atoms with van der Waals surface area (Å²) in [5, 5.41) is 4.09. The number of benzene rings is 2. The third kappa shape index (κ3) is 4.78. The van der Waals surface area contributed by atoms with Crippen molar-refractivity contribution in [3.8, 4) is 16.9 Å². The lowest BCUT2D eigenvalue weighted by Crippen LogP contribution is -2.39. The molecule has 4 aromatic rings. The van der Waals surface area contributed by atoms with Crippen molar-refractivity contribution >= 4 is 32.7 Å². The van der Waals surface area contributed by atoms with Crippen LogP contribution in [0.5, 0.6) is 5.75 Å². The fourth-order valence-electron chi connectivity index (χ4n) is 6.28. The second-order valence-electron chi connectivity index (χ2n) is 10.8. The molecular formula is C29H32FN5O5S. The van der Waals surface area contributed by atoms with Crippen molar-refractivity contribution in [2.75, 3.05) is 31.4 Å². The van der Waals surface area contributed by atoms with Gasteiger partial charge in [-0.1, -0.05) is 11.2 Å². The van der Waals surface area contributed by atoms with E-state index in [0.717, 1.165) is 27.9 Å². The Bertz CT molecular complexity index is 1740. The smallest absolute Gasteiger partial charge is 0.227 e. The van der Waals surface area contributed by atoms with Crippen molar-refractivity contribution in [2.24, 2.45) is 0 Å². The summed E-state index contributed by atoms with van der Waals surface area (Å²) in [5.41, 5.74) is 4.71. The number of carbonyl (C=O) groups excluding carboxylic acids is 1. The number of anilines is 1. The summed E-state index contributed by atoms with van der Waals surface area (Å²) in [5.74, 6) is 0.865. The predicted molar refractivity (Wildman–Crippen MR) is 152 cm³/mol. The van der Waals surface area contributed by atoms with Crippen LogP contribution in [0.4, 0.5) is 10.1 Å². The highest BCUT2D eigenvalue weighted by Crippen LogP contribution is 2.42. The van der Waals surface area contributed by atoms with Crippen LogP contribution in [0.25, 0.3) is 22.2 Å². The van der Waals surface area contributed by atoms with Crippen molar-refractivity contribution in [1.82, 2.24) is 19.0 Å². The first-order valence-electron chi connectivity index (χ1n) is 13.6. The summed E-state index contributed by atoms with van der Waals surface area (Å²) in [6.07, 6.45) is 3.27. The molecule has 2 aromatic carbocycles. The second-order valence-corrected chi connectivity index (χ2v) is 12.8. The van der Waals surface area contributed by atoms with Gasteiger partial charge in [-0.05, 0) is 62.9 Å². The van der Waals surface area contributed by atoms with Crippen molar-refractivity contribution < 1.29 is 26.9 Å². The number of amides is 1. The van der Waals surface area contributed by atoms with E-state index in [1.807, 2.05) is 32.0 Å². The first-order valence-corrected chi connectivity index (χ1v) is 15.5. The van der Waals surface area contributed by atoms with Gasteiger partial charge in [0, 0.05) is 42.9 Å². The number of aryl methyl sites for hydroxylation is 2. The highest BCUT2D eigenvalue weighted by molar-refractivity contribution is 7.88. The van der Waals surface area contributed by atoms with Gasteiger partial charge in [0.25, 0.3) is 0 Å². The van der Waals surface area contributed by atoms with Gasteiger partial charge < -0.3 is 18.7 Å². The number of hydrogen-bond donors (Lipinski definition) is 0. The molecule has 0 bridgehead atoms. The Kier molecular flexibility index (Phi) is 6.85. The fourth-order valence-corrected chi connectivity index (χ4v) is 7.15. The minimum absolute atomic E-state index is 0.0249. The molecule has 6 rings (SSSR count). The number of fused-ring (bicyclic) bond motifs is 1. The van der Waals surface area contributed by atoms with Crippen LogP contribution in [-0.4, -0.2) is 59.8 Å². The minimum atomic E-state index is -3.29. The molecule has 1 amide bonds. The van der Waals surface area contributed by atoms with Gasteiger partial charge in [0.15, 0.2) is 11.6 Å². The number of imidazole rings is 1. The number of hydrogen-bond acceptors (Lipinski definition) is 7. The zero-order valence-electron chi connectivity index (χ0n) is 23.4. The van der Waals surface area contributed by atoms with E-state index in [1.165, 1.54) is 29.8 Å². The molecule has 0 radical (unpaired) electrons. The maximum atomic E-state index is 14.7. The molecule has 216 valence electrons. The van der Waals surface area contributed by atoms with Gasteiger partial charge in [0.2, 0.25) is 15.9 Å². The number of piperidine rings is 1. The van der Waals surface area contributed by atoms with Crippen LogP contribution in [0.2, 0.25) is 0 Å². The summed E-state index contributed by atoms with van der Waals surface area (Å²) < 4.78 is 53.3. The average Bonchev–Trinajstić information content (AvgIpc) is 3.61. The lowest BCUT2D eigenvalue weighted by molar-refractivity contribution is -0.117. The number of ether oxygens (including phenoxy) is 1. The van der Waals surface area contributed by atoms with Crippen molar-refractivity contribution in [3.05, 3.63) is 59.5 Å². The monoisotopic (exact) mass is 581 g/mol. The lowest BCUT2D eigenvalue weighted by Gasteiger charge is -2.34. The number of nitrogens with zero attached hydrogens (tertiary/aromatic N) is 5. The van der Waals surface area contributed by atoms with Crippen molar-refractivity contribution in [3.63, 3.8) is 0 Å². The molecule has 2 aromatic heterocycles. The van der Waals surface area contributed by atoms with E-state index >= 15 is 0 Å². The minimum Gasteiger partial charge on any atom is -0.494 e. The molecule has 41 heavy (non-hydrogen) atoms. The zero-order valence-corrected chi connectivity index (χ0v) is 24.2. The number of halogens is 1. The summed E-state index contributed by atoms with van der Waals surface area (Å²) in [6.45, 7) is 4.56. The third-order valence-electron chi connectivity index (χ3n) is 8.22. The van der Waals surface area contributed by atoms with E-state index in [4.69, 9.17) is 14.2 Å². The second kappa shape index (κ2) is 10.3. The Morgan fingerprint density at radius 2 is 1.83 bits per heavy atom. The molecule has 0 N–H and O–H groups in total. The molecule has 2 aliphatic rings. The molecule has 2 fully saturated rings. The Morgan fingerprint density at radius 1 is 1.07 bits per heavy atom. The highest BCUT2D eigenvalue weighted by Gasteiger charge is 2.39. The number of sulfonamides is 1. The summed E-state index contributed by atoms with van der Waals surface area (Å²) >= 11 is 0. The van der Waals surface area contributed by atoms with Crippen molar-refractivity contribution in [2.45, 2.75) is 51.6 Å². The average molecular weight is 582 g/mol. The van der Waals surface area contributed by atoms with Gasteiger partial charge in [0.1, 0.15) is 11.6 Å². The quantitative estimate of drug-likeness (QED) is 0.318. The maximum Gasteiger partial charge on any atom is 0.227 e. The molecule has 4 heterocycles. The first kappa shape index (κ1) is 27.4. The van der Waals surface area contributed by atoms with E-state index in [2.05, 4.69) is 9.72 Å². The number of rotatable bonds is 6. The molecule has 0 spiro atoms. The van der Waals surface area contributed by atoms with Gasteiger partial charge in [-0.25, -0.2) is 22.1 Å². The Morgan fingerprint density at radius 3 is 2.46 bits per heavy atom. The Labute approximate surface area is 237 Å². The van der Waals surface area contributed by atoms with E-state index in [0.29, 0.717) is 56.0 Å². The third-order valence-corrected chi connectivity index (χ3v) is 9.52. The molecule has 0 aliphatic carbocycles. The molecule has 12 heteroatoms. The summed E-state index contributed by atoms with van der Waals surface area (Å²) in [7, 11) is -1.89. The van der Waals surface area contributed by atoms with E-state index in [9.17, 15) is 17.6 Å². The van der Waals surface area contributed by atoms with Crippen molar-refractivity contribution in [1.29, 1.82) is 0 Å². The summed E-state index contributed by atoms with van der Waals surface area (Å²) in [4.78, 5) is 19.9. The van der Waals surface area contributed by atoms with Crippen LogP contribution in [0.15, 0.2) is 40.9 Å². The van der Waals surface area contributed by atoms with Gasteiger partial charge in [-0.15, -0.1) is 0 Å². The standard InChI is InChI=1S/C29H32FN5O5S/c1-17-28(18(2)40-32-17)19-5-7-24-23(15-19)31-29(35(24)20-11-13-33(14-12-20)41(4,37)38)25-8-10-27(36)34(25)21-6-9-26(39-3)22(30)16-21/h5-7,9,15-16,20,25H,8,10-14H2,1-4H3/t25-/m0/s1. The maximum absolute atomic E-state index is 14.7. The highest BCUT2D eigenvalue weighted by atomic mass is 32.2. The molecule has 2 saturated heterocycles. The van der Waals surface area contributed by atoms with Crippen LogP contribution < -0.4 is 9.64 Å². The summed E-state index contributed by atoms with van der Waals surface area (Å²) in [6, 6.07) is 10.1. The largest absolute Gasteiger partial charge is 0.494 e. The van der Waals surface area contributed by atoms with Gasteiger partial charge >= 0.3 is 0 Å². The molecule has 2 aliphatic heterocycles. The fraction of sp³-hybridized carbons (Fsp3) is 0.414. The lowest BCUT2D eigenvalue weighted by atomic mass is 10.0. The van der Waals surface area contributed by atoms with Crippen LogP contribution in [0.1, 0.15) is 55.0 Å². The molecular weight excluding hydrogens is 549 g/mol. The van der Waals surface area contributed by atoms with Crippen LogP contribution in [0.3, 0.4) is 0 Å². The van der Waals surface area contributed by atoms with Crippen LogP contribution in [-0.2, 0) is 14.8 Å². The Hall–Kier alpha value is -3.77. The van der Waals surface area contributed by atoms with Crippen LogP contribution >= 0.6 is 0 Å².